The predicted octanol–water partition coefficient (Wildman–Crippen LogP) is 8.09. The van der Waals surface area contributed by atoms with Crippen molar-refractivity contribution in [3.05, 3.63) is 91.4 Å². The van der Waals surface area contributed by atoms with Crippen LogP contribution in [0.4, 0.5) is 16.2 Å². The molecule has 0 aromatic heterocycles. The van der Waals surface area contributed by atoms with Crippen LogP contribution in [-0.4, -0.2) is 36.6 Å². The fourth-order valence-corrected chi connectivity index (χ4v) is 4.42. The molecular weight excluding hydrogens is 529 g/mol. The van der Waals surface area contributed by atoms with Crippen molar-refractivity contribution in [2.75, 3.05) is 26.1 Å². The molecule has 4 rings (SSSR count). The third-order valence-electron chi connectivity index (χ3n) is 5.81. The molecule has 3 aromatic rings. The highest BCUT2D eigenvalue weighted by atomic mass is 35.5. The summed E-state index contributed by atoms with van der Waals surface area (Å²) < 4.78 is 10.8. The zero-order chi connectivity index (χ0) is 28.4. The predicted molar refractivity (Wildman–Crippen MR) is 153 cm³/mol. The highest BCUT2D eigenvalue weighted by molar-refractivity contribution is 6.33. The highest BCUT2D eigenvalue weighted by Gasteiger charge is 2.31. The summed E-state index contributed by atoms with van der Waals surface area (Å²) in [6, 6.07) is 14.8. The van der Waals surface area contributed by atoms with Gasteiger partial charge >= 0.3 is 6.03 Å². The van der Waals surface area contributed by atoms with Crippen LogP contribution in [0.15, 0.2) is 54.6 Å². The van der Waals surface area contributed by atoms with E-state index in [1.54, 1.807) is 25.2 Å². The Balaban J connectivity index is 0.000000428. The number of fused-ring (bicyclic) bond motifs is 1. The Kier molecular flexibility index (Phi) is 11.7. The van der Waals surface area contributed by atoms with E-state index in [-0.39, 0.29) is 22.4 Å². The van der Waals surface area contributed by atoms with Crippen LogP contribution in [-0.2, 0) is 6.42 Å². The second-order valence-electron chi connectivity index (χ2n) is 8.17. The van der Waals surface area contributed by atoms with Crippen molar-refractivity contribution in [2.45, 2.75) is 40.2 Å². The number of benzene rings is 3. The number of nitro benzene ring substituents is 1. The van der Waals surface area contributed by atoms with Gasteiger partial charge in [0.1, 0.15) is 11.5 Å². The van der Waals surface area contributed by atoms with E-state index in [4.69, 9.17) is 32.7 Å². The summed E-state index contributed by atoms with van der Waals surface area (Å²) in [6.07, 6.45) is 0.628. The first kappa shape index (κ1) is 30.7. The van der Waals surface area contributed by atoms with Gasteiger partial charge in [-0.3, -0.25) is 10.1 Å². The molecule has 0 fully saturated rings. The third-order valence-corrected chi connectivity index (χ3v) is 6.37. The summed E-state index contributed by atoms with van der Waals surface area (Å²) in [4.78, 5) is 25.0. The number of carbonyl (C=O) groups excluding carboxylic acids is 1. The van der Waals surface area contributed by atoms with Crippen molar-refractivity contribution in [2.24, 2.45) is 0 Å². The molecule has 38 heavy (non-hydrogen) atoms. The minimum absolute atomic E-state index is 0.148. The van der Waals surface area contributed by atoms with E-state index in [1.165, 1.54) is 23.8 Å². The first-order valence-corrected chi connectivity index (χ1v) is 12.9. The third kappa shape index (κ3) is 7.76. The van der Waals surface area contributed by atoms with Crippen LogP contribution in [0.5, 0.6) is 11.5 Å². The highest BCUT2D eigenvalue weighted by Crippen LogP contribution is 2.39. The van der Waals surface area contributed by atoms with Crippen molar-refractivity contribution in [3.8, 4) is 11.5 Å². The number of aryl methyl sites for hydroxylation is 1. The zero-order valence-electron chi connectivity index (χ0n) is 22.4. The SMILES string of the molecule is CC.COc1cc2c(c(OC)c1)C(C)N(C(=O)Nc1cc([N+](=O)[O-])ccc1Cl)CC2.Cc1cccc(Cl)c1. The number of rotatable bonds is 4. The Morgan fingerprint density at radius 2 is 1.79 bits per heavy atom. The second kappa shape index (κ2) is 14.4. The van der Waals surface area contributed by atoms with Gasteiger partial charge in [-0.1, -0.05) is 49.2 Å². The topological polar surface area (TPSA) is 93.9 Å². The van der Waals surface area contributed by atoms with E-state index >= 15 is 0 Å². The number of anilines is 1. The van der Waals surface area contributed by atoms with Gasteiger partial charge in [-0.2, -0.15) is 0 Å². The van der Waals surface area contributed by atoms with Gasteiger partial charge in [0.25, 0.3) is 5.69 Å². The molecule has 3 aromatic carbocycles. The molecule has 1 heterocycles. The molecular formula is C28H33Cl2N3O5. The maximum atomic E-state index is 12.9. The zero-order valence-corrected chi connectivity index (χ0v) is 23.9. The number of hydrogen-bond donors (Lipinski definition) is 1. The number of nitro groups is 1. The molecule has 10 heteroatoms. The molecule has 1 unspecified atom stereocenters. The maximum absolute atomic E-state index is 12.9. The maximum Gasteiger partial charge on any atom is 0.322 e. The number of carbonyl (C=O) groups is 1. The molecule has 0 bridgehead atoms. The Bertz CT molecular complexity index is 1230. The Morgan fingerprint density at radius 3 is 2.34 bits per heavy atom. The largest absolute Gasteiger partial charge is 0.497 e. The Morgan fingerprint density at radius 1 is 1.08 bits per heavy atom. The fourth-order valence-electron chi connectivity index (χ4n) is 4.01. The molecule has 0 radical (unpaired) electrons. The lowest BCUT2D eigenvalue weighted by atomic mass is 9.92. The van der Waals surface area contributed by atoms with Crippen molar-refractivity contribution >= 4 is 40.6 Å². The van der Waals surface area contributed by atoms with Gasteiger partial charge in [0.15, 0.2) is 0 Å². The average molecular weight is 562 g/mol. The molecule has 0 saturated heterocycles. The lowest BCUT2D eigenvalue weighted by Gasteiger charge is -2.36. The normalized spacial score (nSPS) is 13.6. The van der Waals surface area contributed by atoms with Gasteiger partial charge in [0, 0.05) is 35.3 Å². The summed E-state index contributed by atoms with van der Waals surface area (Å²) in [5.41, 5.74) is 3.22. The molecule has 204 valence electrons. The van der Waals surface area contributed by atoms with Crippen LogP contribution in [0.3, 0.4) is 0 Å². The molecule has 0 spiro atoms. The Hall–Kier alpha value is -3.49. The van der Waals surface area contributed by atoms with Gasteiger partial charge in [-0.15, -0.1) is 0 Å². The summed E-state index contributed by atoms with van der Waals surface area (Å²) in [5, 5.41) is 14.7. The minimum Gasteiger partial charge on any atom is -0.497 e. The van der Waals surface area contributed by atoms with E-state index < -0.39 is 11.0 Å². The molecule has 1 aliphatic rings. The standard InChI is InChI=1S/C19H20ClN3O5.C7H7Cl.C2H6/c1-11-18-12(8-14(27-2)10-17(18)28-3)6-7-22(11)19(24)21-16-9-13(23(25)26)4-5-15(16)20;1-6-3-2-4-7(8)5-6;1-2/h4-5,8-11H,6-7H2,1-3H3,(H,21,24);2-5H,1H3;1-2H3. The number of halogens is 2. The van der Waals surface area contributed by atoms with Crippen LogP contribution < -0.4 is 14.8 Å². The molecule has 1 atom stereocenters. The molecule has 1 N–H and O–H groups in total. The fraction of sp³-hybridized carbons (Fsp3) is 0.321. The van der Waals surface area contributed by atoms with E-state index in [2.05, 4.69) is 5.32 Å². The first-order chi connectivity index (χ1) is 18.1. The van der Waals surface area contributed by atoms with Crippen LogP contribution >= 0.6 is 23.2 Å². The van der Waals surface area contributed by atoms with Crippen molar-refractivity contribution in [3.63, 3.8) is 0 Å². The molecule has 8 nitrogen and oxygen atoms in total. The van der Waals surface area contributed by atoms with Gasteiger partial charge in [-0.05, 0) is 55.7 Å². The van der Waals surface area contributed by atoms with Crippen molar-refractivity contribution in [1.29, 1.82) is 0 Å². The van der Waals surface area contributed by atoms with E-state index in [9.17, 15) is 14.9 Å². The monoisotopic (exact) mass is 561 g/mol. The summed E-state index contributed by atoms with van der Waals surface area (Å²) in [7, 11) is 3.17. The molecule has 0 saturated carbocycles. The summed E-state index contributed by atoms with van der Waals surface area (Å²) in [6.45, 7) is 8.40. The van der Waals surface area contributed by atoms with Gasteiger partial charge in [0.05, 0.1) is 35.9 Å². The van der Waals surface area contributed by atoms with E-state index in [0.29, 0.717) is 24.5 Å². The van der Waals surface area contributed by atoms with Gasteiger partial charge in [-0.25, -0.2) is 4.79 Å². The molecule has 2 amide bonds. The van der Waals surface area contributed by atoms with Crippen molar-refractivity contribution < 1.29 is 19.2 Å². The molecule has 0 aliphatic carbocycles. The van der Waals surface area contributed by atoms with Crippen LogP contribution in [0.25, 0.3) is 0 Å². The first-order valence-electron chi connectivity index (χ1n) is 12.1. The summed E-state index contributed by atoms with van der Waals surface area (Å²) >= 11 is 11.7. The van der Waals surface area contributed by atoms with Crippen LogP contribution in [0.2, 0.25) is 10.0 Å². The second-order valence-corrected chi connectivity index (χ2v) is 9.02. The number of methoxy groups -OCH3 is 2. The lowest BCUT2D eigenvalue weighted by molar-refractivity contribution is -0.384. The lowest BCUT2D eigenvalue weighted by Crippen LogP contribution is -2.41. The van der Waals surface area contributed by atoms with Crippen LogP contribution in [0.1, 0.15) is 43.5 Å². The average Bonchev–Trinajstić information content (AvgIpc) is 2.90. The summed E-state index contributed by atoms with van der Waals surface area (Å²) in [5.74, 6) is 1.34. The number of ether oxygens (including phenoxy) is 2. The minimum atomic E-state index is -0.538. The molecule has 1 aliphatic heterocycles. The number of urea groups is 1. The van der Waals surface area contributed by atoms with Crippen molar-refractivity contribution in [1.82, 2.24) is 4.90 Å². The smallest absolute Gasteiger partial charge is 0.322 e. The number of amides is 2. The number of nitrogens with zero attached hydrogens (tertiary/aromatic N) is 2. The van der Waals surface area contributed by atoms with Gasteiger partial charge in [0.2, 0.25) is 0 Å². The van der Waals surface area contributed by atoms with E-state index in [0.717, 1.165) is 16.1 Å². The van der Waals surface area contributed by atoms with E-state index in [1.807, 2.05) is 58.0 Å². The quantitative estimate of drug-likeness (QED) is 0.256. The number of nitrogens with one attached hydrogen (secondary N) is 1. The number of hydrogen-bond acceptors (Lipinski definition) is 5. The number of non-ortho nitro benzene ring substituents is 1. The Labute approximate surface area is 233 Å². The van der Waals surface area contributed by atoms with Crippen LogP contribution in [0, 0.1) is 17.0 Å². The van der Waals surface area contributed by atoms with Gasteiger partial charge < -0.3 is 19.7 Å².